The van der Waals surface area contributed by atoms with Crippen molar-refractivity contribution in [3.05, 3.63) is 35.4 Å². The predicted molar refractivity (Wildman–Crippen MR) is 54.8 cm³/mol. The maximum atomic E-state index is 3.42. The Morgan fingerprint density at radius 2 is 2.00 bits per heavy atom. The zero-order valence-corrected chi connectivity index (χ0v) is 8.34. The molecule has 0 spiro atoms. The Bertz CT molecular complexity index is 259. The first-order valence-corrected chi connectivity index (χ1v) is 5.05. The minimum Gasteiger partial charge on any atom is -0.301 e. The number of halogens is 1. The molecular weight excluding hydrogens is 249 g/mol. The molecule has 11 heavy (non-hydrogen) atoms. The van der Waals surface area contributed by atoms with Crippen molar-refractivity contribution in [2.24, 2.45) is 0 Å². The van der Waals surface area contributed by atoms with Crippen molar-refractivity contribution >= 4 is 22.6 Å². The average molecular weight is 259 g/mol. The fourth-order valence-corrected chi connectivity index (χ4v) is 2.11. The Morgan fingerprint density at radius 1 is 1.27 bits per heavy atom. The summed E-state index contributed by atoms with van der Waals surface area (Å²) in [6, 6.07) is 8.65. The van der Waals surface area contributed by atoms with Gasteiger partial charge in [-0.05, 0) is 17.5 Å². The van der Waals surface area contributed by atoms with E-state index in [0.717, 1.165) is 13.0 Å². The van der Waals surface area contributed by atoms with E-state index in [1.807, 2.05) is 0 Å². The summed E-state index contributed by atoms with van der Waals surface area (Å²) < 4.78 is 0.613. The van der Waals surface area contributed by atoms with Crippen molar-refractivity contribution in [3.63, 3.8) is 0 Å². The van der Waals surface area contributed by atoms with Crippen LogP contribution in [0.25, 0.3) is 0 Å². The van der Waals surface area contributed by atoms with Gasteiger partial charge >= 0.3 is 0 Å². The second kappa shape index (κ2) is 3.11. The van der Waals surface area contributed by atoms with E-state index in [0.29, 0.717) is 4.05 Å². The maximum absolute atomic E-state index is 3.42. The first-order valence-electron chi connectivity index (χ1n) is 3.80. The molecule has 0 radical (unpaired) electrons. The number of benzene rings is 1. The van der Waals surface area contributed by atoms with E-state index in [1.165, 1.54) is 11.1 Å². The molecule has 1 aromatic carbocycles. The largest absolute Gasteiger partial charge is 0.301 e. The normalized spacial score (nSPS) is 22.8. The zero-order chi connectivity index (χ0) is 7.68. The minimum absolute atomic E-state index is 0.613. The van der Waals surface area contributed by atoms with Gasteiger partial charge in [0.05, 0.1) is 4.05 Å². The fourth-order valence-electron chi connectivity index (χ4n) is 1.42. The van der Waals surface area contributed by atoms with Gasteiger partial charge < -0.3 is 5.32 Å². The van der Waals surface area contributed by atoms with Gasteiger partial charge in [-0.15, -0.1) is 0 Å². The number of nitrogens with one attached hydrogen (secondary N) is 1. The van der Waals surface area contributed by atoms with Crippen LogP contribution in [0.4, 0.5) is 0 Å². The van der Waals surface area contributed by atoms with Gasteiger partial charge in [-0.25, -0.2) is 0 Å². The van der Waals surface area contributed by atoms with Gasteiger partial charge in [0.15, 0.2) is 0 Å². The smallest absolute Gasteiger partial charge is 0.0637 e. The molecule has 1 atom stereocenters. The third-order valence-electron chi connectivity index (χ3n) is 2.03. The molecule has 0 bridgehead atoms. The van der Waals surface area contributed by atoms with Crippen LogP contribution in [0.2, 0.25) is 0 Å². The Hall–Kier alpha value is -0.0900. The lowest BCUT2D eigenvalue weighted by Crippen LogP contribution is -2.30. The number of hydrogen-bond acceptors (Lipinski definition) is 1. The molecule has 1 N–H and O–H groups in total. The van der Waals surface area contributed by atoms with Crippen LogP contribution in [-0.2, 0) is 13.0 Å². The zero-order valence-electron chi connectivity index (χ0n) is 6.18. The monoisotopic (exact) mass is 259 g/mol. The predicted octanol–water partition coefficient (Wildman–Crippen LogP) is 2.09. The van der Waals surface area contributed by atoms with Crippen molar-refractivity contribution in [2.45, 2.75) is 17.0 Å². The van der Waals surface area contributed by atoms with E-state index in [9.17, 15) is 0 Å². The molecule has 0 saturated carbocycles. The van der Waals surface area contributed by atoms with Crippen LogP contribution in [0.1, 0.15) is 11.1 Å². The van der Waals surface area contributed by atoms with E-state index in [-0.39, 0.29) is 0 Å². The van der Waals surface area contributed by atoms with Gasteiger partial charge in [-0.2, -0.15) is 0 Å². The molecule has 1 heterocycles. The van der Waals surface area contributed by atoms with Crippen LogP contribution in [0.3, 0.4) is 0 Å². The molecule has 1 nitrogen and oxygen atoms in total. The van der Waals surface area contributed by atoms with Crippen molar-refractivity contribution in [2.75, 3.05) is 0 Å². The molecule has 1 unspecified atom stereocenters. The van der Waals surface area contributed by atoms with E-state index in [4.69, 9.17) is 0 Å². The summed E-state index contributed by atoms with van der Waals surface area (Å²) in [7, 11) is 0. The van der Waals surface area contributed by atoms with Gasteiger partial charge in [0, 0.05) is 6.54 Å². The molecule has 58 valence electrons. The molecular formula is C9H10IN. The van der Waals surface area contributed by atoms with Gasteiger partial charge in [0.25, 0.3) is 0 Å². The first-order chi connectivity index (χ1) is 5.36. The quantitative estimate of drug-likeness (QED) is 0.427. The summed E-state index contributed by atoms with van der Waals surface area (Å²) in [5.41, 5.74) is 2.96. The Balaban J connectivity index is 2.34. The lowest BCUT2D eigenvalue weighted by molar-refractivity contribution is 0.623. The van der Waals surface area contributed by atoms with Crippen LogP contribution >= 0.6 is 22.6 Å². The number of fused-ring (bicyclic) bond motifs is 1. The lowest BCUT2D eigenvalue weighted by atomic mass is 10.0. The summed E-state index contributed by atoms with van der Waals surface area (Å²) in [4.78, 5) is 0. The third-order valence-corrected chi connectivity index (χ3v) is 2.91. The molecule has 2 rings (SSSR count). The minimum atomic E-state index is 0.613. The molecule has 1 aromatic rings. The van der Waals surface area contributed by atoms with Crippen LogP contribution in [0.15, 0.2) is 24.3 Å². The van der Waals surface area contributed by atoms with Crippen molar-refractivity contribution in [1.29, 1.82) is 0 Å². The highest BCUT2D eigenvalue weighted by Gasteiger charge is 2.13. The highest BCUT2D eigenvalue weighted by Crippen LogP contribution is 2.18. The highest BCUT2D eigenvalue weighted by atomic mass is 127. The number of hydrogen-bond donors (Lipinski definition) is 1. The van der Waals surface area contributed by atoms with E-state index < -0.39 is 0 Å². The molecule has 1 aliphatic rings. The van der Waals surface area contributed by atoms with Crippen molar-refractivity contribution in [1.82, 2.24) is 5.32 Å². The highest BCUT2D eigenvalue weighted by molar-refractivity contribution is 14.1. The summed E-state index contributed by atoms with van der Waals surface area (Å²) >= 11 is 2.44. The summed E-state index contributed by atoms with van der Waals surface area (Å²) in [6.45, 7) is 1.03. The Morgan fingerprint density at radius 3 is 2.82 bits per heavy atom. The SMILES string of the molecule is IC1Cc2ccccc2CN1. The van der Waals surface area contributed by atoms with Crippen molar-refractivity contribution in [3.8, 4) is 0 Å². The van der Waals surface area contributed by atoms with E-state index >= 15 is 0 Å². The summed E-state index contributed by atoms with van der Waals surface area (Å²) in [6.07, 6.45) is 1.16. The molecule has 2 heteroatoms. The molecule has 1 aliphatic heterocycles. The molecule has 0 amide bonds. The van der Waals surface area contributed by atoms with Crippen LogP contribution in [-0.4, -0.2) is 4.05 Å². The lowest BCUT2D eigenvalue weighted by Gasteiger charge is -2.21. The standard InChI is InChI=1S/C9H10IN/c10-9-5-7-3-1-2-4-8(7)6-11-9/h1-4,9,11H,5-6H2. The third kappa shape index (κ3) is 1.56. The first kappa shape index (κ1) is 7.55. The fraction of sp³-hybridized carbons (Fsp3) is 0.333. The summed E-state index contributed by atoms with van der Waals surface area (Å²) in [5.74, 6) is 0. The number of rotatable bonds is 0. The van der Waals surface area contributed by atoms with Crippen molar-refractivity contribution < 1.29 is 0 Å². The molecule has 0 fully saturated rings. The Labute approximate surface area is 80.3 Å². The van der Waals surface area contributed by atoms with Gasteiger partial charge in [-0.3, -0.25) is 0 Å². The molecule has 0 aliphatic carbocycles. The van der Waals surface area contributed by atoms with Gasteiger partial charge in [-0.1, -0.05) is 46.9 Å². The molecule has 0 aromatic heterocycles. The Kier molecular flexibility index (Phi) is 2.13. The van der Waals surface area contributed by atoms with Crippen LogP contribution < -0.4 is 5.32 Å². The second-order valence-electron chi connectivity index (χ2n) is 2.82. The van der Waals surface area contributed by atoms with Gasteiger partial charge in [0.1, 0.15) is 0 Å². The van der Waals surface area contributed by atoms with E-state index in [1.54, 1.807) is 0 Å². The maximum Gasteiger partial charge on any atom is 0.0637 e. The van der Waals surface area contributed by atoms with E-state index in [2.05, 4.69) is 52.2 Å². The summed E-state index contributed by atoms with van der Waals surface area (Å²) in [5, 5.41) is 3.42. The second-order valence-corrected chi connectivity index (χ2v) is 4.32. The van der Waals surface area contributed by atoms with Gasteiger partial charge in [0.2, 0.25) is 0 Å². The van der Waals surface area contributed by atoms with Crippen LogP contribution in [0, 0.1) is 0 Å². The molecule has 0 saturated heterocycles. The average Bonchev–Trinajstić information content (AvgIpc) is 2.04. The topological polar surface area (TPSA) is 12.0 Å². The number of alkyl halides is 1. The van der Waals surface area contributed by atoms with Crippen LogP contribution in [0.5, 0.6) is 0 Å².